The summed E-state index contributed by atoms with van der Waals surface area (Å²) in [6.07, 6.45) is 3.83. The molecule has 0 bridgehead atoms. The Labute approximate surface area is 132 Å². The van der Waals surface area contributed by atoms with Gasteiger partial charge in [0, 0.05) is 37.3 Å². The number of ether oxygens (including phenoxy) is 1. The molecule has 1 heterocycles. The van der Waals surface area contributed by atoms with Gasteiger partial charge in [-0.3, -0.25) is 9.69 Å². The monoisotopic (exact) mass is 303 g/mol. The molecule has 5 heteroatoms. The standard InChI is InChI=1S/C17H25N3O2/c1-11-8-14(10-20(11)15-5-6-15)19-16-9-13(18-12(2)21)4-7-17(16)22-3/h4,7,9,11,14-15,19H,5-6,8,10H2,1-3H3,(H,18,21)/t11-,14+/m0/s1. The van der Waals surface area contributed by atoms with E-state index in [1.54, 1.807) is 7.11 Å². The summed E-state index contributed by atoms with van der Waals surface area (Å²) in [7, 11) is 1.67. The number of nitrogens with one attached hydrogen (secondary N) is 2. The number of carbonyl (C=O) groups is 1. The maximum atomic E-state index is 11.2. The lowest BCUT2D eigenvalue weighted by atomic mass is 10.1. The van der Waals surface area contributed by atoms with Gasteiger partial charge in [-0.05, 0) is 44.4 Å². The Morgan fingerprint density at radius 1 is 1.36 bits per heavy atom. The Morgan fingerprint density at radius 3 is 2.77 bits per heavy atom. The summed E-state index contributed by atoms with van der Waals surface area (Å²) in [6.45, 7) is 4.91. The topological polar surface area (TPSA) is 53.6 Å². The number of anilines is 2. The largest absolute Gasteiger partial charge is 0.495 e. The van der Waals surface area contributed by atoms with Crippen LogP contribution in [0, 0.1) is 0 Å². The first-order valence-corrected chi connectivity index (χ1v) is 8.04. The molecule has 1 aromatic rings. The average molecular weight is 303 g/mol. The lowest BCUT2D eigenvalue weighted by Crippen LogP contribution is -2.31. The van der Waals surface area contributed by atoms with E-state index in [9.17, 15) is 4.79 Å². The number of carbonyl (C=O) groups excluding carboxylic acids is 1. The molecule has 0 spiro atoms. The molecule has 0 radical (unpaired) electrons. The van der Waals surface area contributed by atoms with Crippen LogP contribution in [-0.4, -0.2) is 42.6 Å². The van der Waals surface area contributed by atoms with Crippen molar-refractivity contribution >= 4 is 17.3 Å². The maximum Gasteiger partial charge on any atom is 0.221 e. The number of likely N-dealkylation sites (tertiary alicyclic amines) is 1. The van der Waals surface area contributed by atoms with E-state index in [1.807, 2.05) is 18.2 Å². The highest BCUT2D eigenvalue weighted by Crippen LogP contribution is 2.35. The third kappa shape index (κ3) is 3.35. The Morgan fingerprint density at radius 2 is 2.14 bits per heavy atom. The molecule has 2 fully saturated rings. The lowest BCUT2D eigenvalue weighted by molar-refractivity contribution is -0.114. The van der Waals surface area contributed by atoms with Crippen molar-refractivity contribution in [2.75, 3.05) is 24.3 Å². The number of amides is 1. The van der Waals surface area contributed by atoms with E-state index in [2.05, 4.69) is 22.5 Å². The molecule has 2 N–H and O–H groups in total. The Kier molecular flexibility index (Phi) is 4.25. The van der Waals surface area contributed by atoms with Gasteiger partial charge in [-0.15, -0.1) is 0 Å². The van der Waals surface area contributed by atoms with Crippen molar-refractivity contribution < 1.29 is 9.53 Å². The molecule has 1 aromatic carbocycles. The van der Waals surface area contributed by atoms with Crippen LogP contribution in [0.1, 0.15) is 33.1 Å². The van der Waals surface area contributed by atoms with Crippen molar-refractivity contribution in [1.82, 2.24) is 4.90 Å². The van der Waals surface area contributed by atoms with Crippen molar-refractivity contribution in [2.45, 2.75) is 51.2 Å². The molecular weight excluding hydrogens is 278 g/mol. The molecule has 0 aromatic heterocycles. The number of methoxy groups -OCH3 is 1. The summed E-state index contributed by atoms with van der Waals surface area (Å²) in [6, 6.07) is 7.56. The minimum atomic E-state index is -0.0643. The first kappa shape index (κ1) is 15.2. The molecule has 1 aliphatic heterocycles. The molecule has 1 amide bonds. The normalized spacial score (nSPS) is 25.0. The van der Waals surface area contributed by atoms with Gasteiger partial charge in [0.25, 0.3) is 0 Å². The first-order valence-electron chi connectivity index (χ1n) is 8.04. The molecule has 2 aliphatic rings. The molecular formula is C17H25N3O2. The molecule has 1 saturated heterocycles. The third-order valence-electron chi connectivity index (χ3n) is 4.52. The SMILES string of the molecule is COc1ccc(NC(C)=O)cc1N[C@@H]1C[C@H](C)N(C2CC2)C1. The van der Waals surface area contributed by atoms with Gasteiger partial charge < -0.3 is 15.4 Å². The van der Waals surface area contributed by atoms with Gasteiger partial charge in [0.1, 0.15) is 5.75 Å². The fourth-order valence-corrected chi connectivity index (χ4v) is 3.40. The Bertz CT molecular complexity index is 557. The van der Waals surface area contributed by atoms with E-state index in [1.165, 1.54) is 19.8 Å². The fraction of sp³-hybridized carbons (Fsp3) is 0.588. The van der Waals surface area contributed by atoms with Gasteiger partial charge in [-0.1, -0.05) is 0 Å². The van der Waals surface area contributed by atoms with Crippen LogP contribution in [0.5, 0.6) is 5.75 Å². The average Bonchev–Trinajstić information content (AvgIpc) is 3.23. The number of nitrogens with zero attached hydrogens (tertiary/aromatic N) is 1. The van der Waals surface area contributed by atoms with E-state index in [-0.39, 0.29) is 5.91 Å². The summed E-state index contributed by atoms with van der Waals surface area (Å²) in [4.78, 5) is 13.8. The van der Waals surface area contributed by atoms with Crippen LogP contribution in [0.4, 0.5) is 11.4 Å². The summed E-state index contributed by atoms with van der Waals surface area (Å²) < 4.78 is 5.44. The fourth-order valence-electron chi connectivity index (χ4n) is 3.40. The van der Waals surface area contributed by atoms with Gasteiger partial charge in [0.15, 0.2) is 0 Å². The highest BCUT2D eigenvalue weighted by molar-refractivity contribution is 5.89. The minimum absolute atomic E-state index is 0.0643. The first-order chi connectivity index (χ1) is 10.6. The van der Waals surface area contributed by atoms with Crippen LogP contribution in [0.15, 0.2) is 18.2 Å². The molecule has 5 nitrogen and oxygen atoms in total. The predicted molar refractivity (Wildman–Crippen MR) is 88.5 cm³/mol. The second kappa shape index (κ2) is 6.16. The van der Waals surface area contributed by atoms with Gasteiger partial charge in [0.05, 0.1) is 12.8 Å². The number of hydrogen-bond acceptors (Lipinski definition) is 4. The van der Waals surface area contributed by atoms with Crippen molar-refractivity contribution in [1.29, 1.82) is 0 Å². The summed E-state index contributed by atoms with van der Waals surface area (Å²) >= 11 is 0. The predicted octanol–water partition coefficient (Wildman–Crippen LogP) is 2.69. The van der Waals surface area contributed by atoms with Crippen LogP contribution in [0.3, 0.4) is 0 Å². The van der Waals surface area contributed by atoms with E-state index in [4.69, 9.17) is 4.74 Å². The van der Waals surface area contributed by atoms with Gasteiger partial charge >= 0.3 is 0 Å². The van der Waals surface area contributed by atoms with Gasteiger partial charge in [-0.2, -0.15) is 0 Å². The van der Waals surface area contributed by atoms with Gasteiger partial charge in [-0.25, -0.2) is 0 Å². The second-order valence-electron chi connectivity index (χ2n) is 6.45. The molecule has 1 aliphatic carbocycles. The van der Waals surface area contributed by atoms with Crippen LogP contribution in [0.2, 0.25) is 0 Å². The van der Waals surface area contributed by atoms with Crippen LogP contribution < -0.4 is 15.4 Å². The molecule has 0 unspecified atom stereocenters. The zero-order chi connectivity index (χ0) is 15.7. The summed E-state index contributed by atoms with van der Waals surface area (Å²) in [5.74, 6) is 0.747. The number of benzene rings is 1. The lowest BCUT2D eigenvalue weighted by Gasteiger charge is -2.20. The highest BCUT2D eigenvalue weighted by atomic mass is 16.5. The highest BCUT2D eigenvalue weighted by Gasteiger charge is 2.38. The Hall–Kier alpha value is -1.75. The van der Waals surface area contributed by atoms with Crippen LogP contribution >= 0.6 is 0 Å². The molecule has 120 valence electrons. The summed E-state index contributed by atoms with van der Waals surface area (Å²) in [5.41, 5.74) is 1.74. The number of rotatable bonds is 5. The van der Waals surface area contributed by atoms with Crippen molar-refractivity contribution in [3.63, 3.8) is 0 Å². The van der Waals surface area contributed by atoms with E-state index in [0.717, 1.165) is 36.1 Å². The zero-order valence-corrected chi connectivity index (χ0v) is 13.6. The van der Waals surface area contributed by atoms with E-state index >= 15 is 0 Å². The van der Waals surface area contributed by atoms with Crippen molar-refractivity contribution in [3.05, 3.63) is 18.2 Å². The molecule has 2 atom stereocenters. The molecule has 3 rings (SSSR count). The molecule has 22 heavy (non-hydrogen) atoms. The van der Waals surface area contributed by atoms with E-state index in [0.29, 0.717) is 12.1 Å². The zero-order valence-electron chi connectivity index (χ0n) is 13.6. The van der Waals surface area contributed by atoms with Crippen molar-refractivity contribution in [3.8, 4) is 5.75 Å². The Balaban J connectivity index is 1.71. The van der Waals surface area contributed by atoms with Crippen LogP contribution in [0.25, 0.3) is 0 Å². The summed E-state index contributed by atoms with van der Waals surface area (Å²) in [5, 5.41) is 6.42. The quantitative estimate of drug-likeness (QED) is 0.878. The van der Waals surface area contributed by atoms with Gasteiger partial charge in [0.2, 0.25) is 5.91 Å². The molecule has 1 saturated carbocycles. The van der Waals surface area contributed by atoms with Crippen molar-refractivity contribution in [2.24, 2.45) is 0 Å². The number of hydrogen-bond donors (Lipinski definition) is 2. The minimum Gasteiger partial charge on any atom is -0.495 e. The second-order valence-corrected chi connectivity index (χ2v) is 6.45. The smallest absolute Gasteiger partial charge is 0.221 e. The third-order valence-corrected chi connectivity index (χ3v) is 4.52. The maximum absolute atomic E-state index is 11.2. The van der Waals surface area contributed by atoms with Crippen LogP contribution in [-0.2, 0) is 4.79 Å². The van der Waals surface area contributed by atoms with E-state index < -0.39 is 0 Å².